The molecule has 0 aromatic heterocycles. The third kappa shape index (κ3) is 6.52. The lowest BCUT2D eigenvalue weighted by molar-refractivity contribution is -0.114. The summed E-state index contributed by atoms with van der Waals surface area (Å²) in [4.78, 5) is 11.4. The second kappa shape index (κ2) is 9.67. The maximum Gasteiger partial charge on any atom is 0.192 e. The van der Waals surface area contributed by atoms with Gasteiger partial charge in [-0.05, 0) is 35.8 Å². The van der Waals surface area contributed by atoms with Gasteiger partial charge in [0.1, 0.15) is 12.0 Å². The molecule has 0 N–H and O–H groups in total. The summed E-state index contributed by atoms with van der Waals surface area (Å²) < 4.78 is 17.6. The number of carbonyl (C=O) groups is 1. The largest absolute Gasteiger partial charge is 0.497 e. The van der Waals surface area contributed by atoms with Crippen LogP contribution in [0.3, 0.4) is 0 Å². The predicted octanol–water partition coefficient (Wildman–Crippen LogP) is 5.07. The first-order valence-corrected chi connectivity index (χ1v) is 12.3. The average Bonchev–Trinajstić information content (AvgIpc) is 2.58. The number of methoxy groups -OCH3 is 1. The number of benzene rings is 1. The van der Waals surface area contributed by atoms with Gasteiger partial charge in [0, 0.05) is 11.8 Å². The van der Waals surface area contributed by atoms with Crippen LogP contribution in [-0.4, -0.2) is 34.4 Å². The zero-order chi connectivity index (χ0) is 20.0. The zero-order valence-electron chi connectivity index (χ0n) is 17.7. The van der Waals surface area contributed by atoms with Crippen molar-refractivity contribution in [3.63, 3.8) is 0 Å². The van der Waals surface area contributed by atoms with Gasteiger partial charge in [0.05, 0.1) is 26.4 Å². The van der Waals surface area contributed by atoms with Crippen molar-refractivity contribution < 1.29 is 18.7 Å². The van der Waals surface area contributed by atoms with Gasteiger partial charge in [-0.1, -0.05) is 46.8 Å². The molecule has 0 saturated heterocycles. The number of ether oxygens (including phenoxy) is 2. The Labute approximate surface area is 160 Å². The minimum atomic E-state index is -1.95. The SMILES string of the molecule is COc1ccc(COC[C@H](C)[C@H](O[Si](C)(C)C(C)(C)C)[C@@H](C)C=O)cc1. The topological polar surface area (TPSA) is 44.8 Å². The highest BCUT2D eigenvalue weighted by atomic mass is 28.4. The summed E-state index contributed by atoms with van der Waals surface area (Å²) in [6.45, 7) is 16.2. The molecular formula is C21H36O4Si. The molecule has 1 aromatic rings. The monoisotopic (exact) mass is 380 g/mol. The lowest BCUT2D eigenvalue weighted by Crippen LogP contribution is -2.48. The molecule has 26 heavy (non-hydrogen) atoms. The fraction of sp³-hybridized carbons (Fsp3) is 0.667. The van der Waals surface area contributed by atoms with Gasteiger partial charge in [-0.15, -0.1) is 0 Å². The van der Waals surface area contributed by atoms with Crippen LogP contribution in [-0.2, 0) is 20.6 Å². The second-order valence-electron chi connectivity index (χ2n) is 8.68. The fourth-order valence-corrected chi connectivity index (χ4v) is 4.00. The molecular weight excluding hydrogens is 344 g/mol. The van der Waals surface area contributed by atoms with Crippen LogP contribution in [0.2, 0.25) is 18.1 Å². The van der Waals surface area contributed by atoms with E-state index in [1.165, 1.54) is 0 Å². The molecule has 0 aliphatic carbocycles. The van der Waals surface area contributed by atoms with E-state index in [2.05, 4.69) is 40.8 Å². The summed E-state index contributed by atoms with van der Waals surface area (Å²) in [6.07, 6.45) is 0.877. The van der Waals surface area contributed by atoms with Crippen LogP contribution in [0.4, 0.5) is 0 Å². The minimum absolute atomic E-state index is 0.109. The Hall–Kier alpha value is -1.17. The Morgan fingerprint density at radius 3 is 2.15 bits per heavy atom. The Balaban J connectivity index is 2.68. The number of hydrogen-bond acceptors (Lipinski definition) is 4. The van der Waals surface area contributed by atoms with Crippen molar-refractivity contribution in [2.45, 2.75) is 65.5 Å². The molecule has 1 aromatic carbocycles. The van der Waals surface area contributed by atoms with Gasteiger partial charge in [0.15, 0.2) is 8.32 Å². The smallest absolute Gasteiger partial charge is 0.192 e. The molecule has 0 fully saturated rings. The zero-order valence-corrected chi connectivity index (χ0v) is 18.7. The summed E-state index contributed by atoms with van der Waals surface area (Å²) in [6, 6.07) is 7.86. The van der Waals surface area contributed by atoms with Crippen molar-refractivity contribution in [1.82, 2.24) is 0 Å². The van der Waals surface area contributed by atoms with E-state index in [0.717, 1.165) is 17.6 Å². The molecule has 1 rings (SSSR count). The van der Waals surface area contributed by atoms with Crippen LogP contribution in [0, 0.1) is 11.8 Å². The van der Waals surface area contributed by atoms with Gasteiger partial charge >= 0.3 is 0 Å². The third-order valence-corrected chi connectivity index (χ3v) is 9.81. The standard InChI is InChI=1S/C21H36O4Si/c1-16(13-22)20(25-26(7,8)21(3,4)5)17(2)14-24-15-18-9-11-19(23-6)12-10-18/h9-13,16-17,20H,14-15H2,1-8H3/t16-,17-,20+/m0/s1. The van der Waals surface area contributed by atoms with Gasteiger partial charge in [-0.2, -0.15) is 0 Å². The molecule has 3 atom stereocenters. The highest BCUT2D eigenvalue weighted by Gasteiger charge is 2.41. The number of carbonyl (C=O) groups excluding carboxylic acids is 1. The molecule has 0 aliphatic rings. The summed E-state index contributed by atoms with van der Waals surface area (Å²) in [5.74, 6) is 0.830. The molecule has 0 saturated carbocycles. The van der Waals surface area contributed by atoms with Gasteiger partial charge < -0.3 is 18.7 Å². The fourth-order valence-electron chi connectivity index (χ4n) is 2.52. The highest BCUT2D eigenvalue weighted by molar-refractivity contribution is 6.74. The van der Waals surface area contributed by atoms with E-state index >= 15 is 0 Å². The molecule has 0 amide bonds. The van der Waals surface area contributed by atoms with E-state index in [9.17, 15) is 4.79 Å². The predicted molar refractivity (Wildman–Crippen MR) is 109 cm³/mol. The second-order valence-corrected chi connectivity index (χ2v) is 13.4. The molecule has 0 bridgehead atoms. The van der Waals surface area contributed by atoms with Crippen LogP contribution in [0.25, 0.3) is 0 Å². The van der Waals surface area contributed by atoms with Crippen molar-refractivity contribution in [2.24, 2.45) is 11.8 Å². The quantitative estimate of drug-likeness (QED) is 0.420. The van der Waals surface area contributed by atoms with Crippen LogP contribution < -0.4 is 4.74 Å². The van der Waals surface area contributed by atoms with E-state index < -0.39 is 8.32 Å². The van der Waals surface area contributed by atoms with Crippen molar-refractivity contribution in [2.75, 3.05) is 13.7 Å². The summed E-state index contributed by atoms with van der Waals surface area (Å²) in [5, 5.41) is 0.109. The minimum Gasteiger partial charge on any atom is -0.497 e. The lowest BCUT2D eigenvalue weighted by atomic mass is 9.95. The summed E-state index contributed by atoms with van der Waals surface area (Å²) in [7, 11) is -0.295. The molecule has 0 aliphatic heterocycles. The molecule has 4 nitrogen and oxygen atoms in total. The van der Waals surface area contributed by atoms with Crippen molar-refractivity contribution in [1.29, 1.82) is 0 Å². The highest BCUT2D eigenvalue weighted by Crippen LogP contribution is 2.39. The first-order chi connectivity index (χ1) is 12.0. The number of rotatable bonds is 10. The molecule has 5 heteroatoms. The molecule has 0 unspecified atom stereocenters. The Bertz CT molecular complexity index is 548. The van der Waals surface area contributed by atoms with Crippen LogP contribution >= 0.6 is 0 Å². The van der Waals surface area contributed by atoms with Gasteiger partial charge in [0.25, 0.3) is 0 Å². The van der Waals surface area contributed by atoms with Gasteiger partial charge in [0.2, 0.25) is 0 Å². The number of aldehydes is 1. The van der Waals surface area contributed by atoms with Crippen LogP contribution in [0.1, 0.15) is 40.2 Å². The van der Waals surface area contributed by atoms with Crippen LogP contribution in [0.15, 0.2) is 24.3 Å². The maximum absolute atomic E-state index is 11.4. The van der Waals surface area contributed by atoms with E-state index in [0.29, 0.717) is 13.2 Å². The Morgan fingerprint density at radius 1 is 1.12 bits per heavy atom. The van der Waals surface area contributed by atoms with Gasteiger partial charge in [-0.25, -0.2) is 0 Å². The maximum atomic E-state index is 11.4. The normalized spacial score (nSPS) is 16.0. The van der Waals surface area contributed by atoms with E-state index in [-0.39, 0.29) is 23.0 Å². The van der Waals surface area contributed by atoms with E-state index in [4.69, 9.17) is 13.9 Å². The van der Waals surface area contributed by atoms with Crippen molar-refractivity contribution >= 4 is 14.6 Å². The number of hydrogen-bond donors (Lipinski definition) is 0. The first kappa shape index (κ1) is 22.9. The third-order valence-electron chi connectivity index (χ3n) is 5.34. The first-order valence-electron chi connectivity index (χ1n) is 9.35. The average molecular weight is 381 g/mol. The lowest BCUT2D eigenvalue weighted by Gasteiger charge is -2.42. The molecule has 0 radical (unpaired) electrons. The van der Waals surface area contributed by atoms with E-state index in [1.807, 2.05) is 31.2 Å². The van der Waals surface area contributed by atoms with Gasteiger partial charge in [-0.3, -0.25) is 0 Å². The van der Waals surface area contributed by atoms with Crippen molar-refractivity contribution in [3.05, 3.63) is 29.8 Å². The summed E-state index contributed by atoms with van der Waals surface area (Å²) in [5.41, 5.74) is 1.10. The van der Waals surface area contributed by atoms with Crippen LogP contribution in [0.5, 0.6) is 5.75 Å². The molecule has 0 heterocycles. The molecule has 148 valence electrons. The molecule has 0 spiro atoms. The summed E-state index contributed by atoms with van der Waals surface area (Å²) >= 11 is 0. The van der Waals surface area contributed by atoms with Crippen molar-refractivity contribution in [3.8, 4) is 5.75 Å². The Morgan fingerprint density at radius 2 is 1.69 bits per heavy atom. The van der Waals surface area contributed by atoms with E-state index in [1.54, 1.807) is 7.11 Å². The Kier molecular flexibility index (Phi) is 8.51.